The van der Waals surface area contributed by atoms with Crippen molar-refractivity contribution in [3.05, 3.63) is 17.0 Å². The van der Waals surface area contributed by atoms with Gasteiger partial charge in [-0.25, -0.2) is 0 Å². The number of piperidine rings is 3. The third-order valence-electron chi connectivity index (χ3n) is 6.77. The number of amides is 1. The van der Waals surface area contributed by atoms with Gasteiger partial charge in [0.05, 0.1) is 11.3 Å². The number of H-pyrrole nitrogens is 1. The van der Waals surface area contributed by atoms with Crippen molar-refractivity contribution >= 4 is 5.91 Å². The minimum absolute atomic E-state index is 0.188. The number of likely N-dealkylation sites (tertiary alicyclic amines) is 1. The first-order valence-electron chi connectivity index (χ1n) is 10.1. The maximum absolute atomic E-state index is 13.1. The SMILES string of the molecule is CCC[C@H]1CCC[C@H]2[C@@H]3C[C@@H](CN(C(=O)c4c(C)n[nH]c4C)C3)CN12. The van der Waals surface area contributed by atoms with E-state index in [-0.39, 0.29) is 5.91 Å². The molecule has 5 nitrogen and oxygen atoms in total. The molecule has 4 rings (SSSR count). The first kappa shape index (κ1) is 17.1. The van der Waals surface area contributed by atoms with Crippen LogP contribution >= 0.6 is 0 Å². The van der Waals surface area contributed by atoms with Crippen LogP contribution < -0.4 is 0 Å². The molecular weight excluding hydrogens is 312 g/mol. The highest BCUT2D eigenvalue weighted by molar-refractivity contribution is 5.96. The maximum atomic E-state index is 13.1. The van der Waals surface area contributed by atoms with Crippen LogP contribution in [0.15, 0.2) is 0 Å². The summed E-state index contributed by atoms with van der Waals surface area (Å²) in [4.78, 5) is 18.1. The molecule has 25 heavy (non-hydrogen) atoms. The molecule has 0 saturated carbocycles. The van der Waals surface area contributed by atoms with Crippen LogP contribution in [-0.2, 0) is 0 Å². The van der Waals surface area contributed by atoms with E-state index in [1.807, 2.05) is 13.8 Å². The lowest BCUT2D eigenvalue weighted by Gasteiger charge is -2.55. The molecule has 0 aromatic carbocycles. The predicted octanol–water partition coefficient (Wildman–Crippen LogP) is 3.14. The third-order valence-corrected chi connectivity index (χ3v) is 6.77. The first-order valence-corrected chi connectivity index (χ1v) is 10.1. The molecule has 0 unspecified atom stereocenters. The number of fused-ring (bicyclic) bond motifs is 4. The number of nitrogens with one attached hydrogen (secondary N) is 1. The van der Waals surface area contributed by atoms with E-state index in [9.17, 15) is 4.79 Å². The van der Waals surface area contributed by atoms with Crippen LogP contribution in [0.4, 0.5) is 0 Å². The van der Waals surface area contributed by atoms with E-state index >= 15 is 0 Å². The van der Waals surface area contributed by atoms with E-state index < -0.39 is 0 Å². The molecule has 3 saturated heterocycles. The average Bonchev–Trinajstić information content (AvgIpc) is 2.93. The van der Waals surface area contributed by atoms with Gasteiger partial charge in [0.2, 0.25) is 0 Å². The van der Waals surface area contributed by atoms with Gasteiger partial charge in [-0.2, -0.15) is 5.10 Å². The van der Waals surface area contributed by atoms with Crippen LogP contribution in [0.5, 0.6) is 0 Å². The van der Waals surface area contributed by atoms with Crippen molar-refractivity contribution in [1.82, 2.24) is 20.0 Å². The lowest BCUT2D eigenvalue weighted by molar-refractivity contribution is -0.0519. The van der Waals surface area contributed by atoms with Gasteiger partial charge in [0, 0.05) is 37.4 Å². The Morgan fingerprint density at radius 2 is 2.08 bits per heavy atom. The summed E-state index contributed by atoms with van der Waals surface area (Å²) in [6.07, 6.45) is 8.00. The Labute approximate surface area is 151 Å². The number of nitrogens with zero attached hydrogens (tertiary/aromatic N) is 3. The molecule has 0 aliphatic carbocycles. The summed E-state index contributed by atoms with van der Waals surface area (Å²) in [5, 5.41) is 7.19. The van der Waals surface area contributed by atoms with E-state index in [1.54, 1.807) is 0 Å². The van der Waals surface area contributed by atoms with Crippen molar-refractivity contribution in [3.63, 3.8) is 0 Å². The van der Waals surface area contributed by atoms with Crippen molar-refractivity contribution < 1.29 is 4.79 Å². The Bertz CT molecular complexity index is 618. The quantitative estimate of drug-likeness (QED) is 0.916. The maximum Gasteiger partial charge on any atom is 0.257 e. The van der Waals surface area contributed by atoms with Gasteiger partial charge in [-0.1, -0.05) is 19.8 Å². The Kier molecular flexibility index (Phi) is 4.61. The molecule has 1 amide bonds. The lowest BCUT2D eigenvalue weighted by atomic mass is 9.74. The van der Waals surface area contributed by atoms with Crippen LogP contribution in [0.3, 0.4) is 0 Å². The highest BCUT2D eigenvalue weighted by Gasteiger charge is 2.45. The van der Waals surface area contributed by atoms with Crippen LogP contribution in [0.2, 0.25) is 0 Å². The molecule has 1 aromatic heterocycles. The number of aromatic nitrogens is 2. The largest absolute Gasteiger partial charge is 0.338 e. The van der Waals surface area contributed by atoms with Gasteiger partial charge < -0.3 is 4.90 Å². The van der Waals surface area contributed by atoms with Crippen LogP contribution in [0.1, 0.15) is 67.2 Å². The Morgan fingerprint density at radius 1 is 1.24 bits per heavy atom. The van der Waals surface area contributed by atoms with Crippen LogP contribution in [0.25, 0.3) is 0 Å². The summed E-state index contributed by atoms with van der Waals surface area (Å²) < 4.78 is 0. The van der Waals surface area contributed by atoms with Crippen molar-refractivity contribution in [3.8, 4) is 0 Å². The molecule has 3 aliphatic heterocycles. The number of aryl methyl sites for hydroxylation is 2. The van der Waals surface area contributed by atoms with Crippen molar-refractivity contribution in [2.45, 2.75) is 71.4 Å². The van der Waals surface area contributed by atoms with Gasteiger partial charge in [0.25, 0.3) is 5.91 Å². The van der Waals surface area contributed by atoms with Gasteiger partial charge in [0.1, 0.15) is 0 Å². The number of aromatic amines is 1. The second-order valence-electron chi connectivity index (χ2n) is 8.52. The summed E-state index contributed by atoms with van der Waals surface area (Å²) in [5.74, 6) is 1.49. The normalized spacial score (nSPS) is 32.5. The van der Waals surface area contributed by atoms with E-state index in [4.69, 9.17) is 0 Å². The van der Waals surface area contributed by atoms with E-state index in [0.29, 0.717) is 17.9 Å². The summed E-state index contributed by atoms with van der Waals surface area (Å²) in [7, 11) is 0. The van der Waals surface area contributed by atoms with Crippen molar-refractivity contribution in [2.75, 3.05) is 19.6 Å². The van der Waals surface area contributed by atoms with Crippen LogP contribution in [-0.4, -0.2) is 57.6 Å². The molecule has 0 radical (unpaired) electrons. The first-order chi connectivity index (χ1) is 12.1. The molecule has 138 valence electrons. The zero-order chi connectivity index (χ0) is 17.6. The lowest BCUT2D eigenvalue weighted by Crippen LogP contribution is -2.62. The standard InChI is InChI=1S/C20H32N4O/c1-4-6-17-7-5-8-18-16-9-15(11-24(17)18)10-23(12-16)20(25)19-13(2)21-22-14(19)3/h15-18H,4-12H2,1-3H3,(H,21,22)/t15-,16+,17-,18-/m0/s1. The number of rotatable bonds is 3. The zero-order valence-electron chi connectivity index (χ0n) is 15.9. The van der Waals surface area contributed by atoms with Crippen LogP contribution in [0, 0.1) is 25.7 Å². The summed E-state index contributed by atoms with van der Waals surface area (Å²) >= 11 is 0. The minimum atomic E-state index is 0.188. The fraction of sp³-hybridized carbons (Fsp3) is 0.800. The molecule has 2 bridgehead atoms. The van der Waals surface area contributed by atoms with Gasteiger partial charge in [-0.3, -0.25) is 14.8 Å². The van der Waals surface area contributed by atoms with Gasteiger partial charge >= 0.3 is 0 Å². The van der Waals surface area contributed by atoms with E-state index in [0.717, 1.165) is 36.1 Å². The topological polar surface area (TPSA) is 52.2 Å². The summed E-state index contributed by atoms with van der Waals surface area (Å²) in [5.41, 5.74) is 2.53. The fourth-order valence-corrected chi connectivity index (χ4v) is 5.75. The average molecular weight is 345 g/mol. The zero-order valence-corrected chi connectivity index (χ0v) is 15.9. The number of hydrogen-bond acceptors (Lipinski definition) is 3. The summed E-state index contributed by atoms with van der Waals surface area (Å²) in [6.45, 7) is 9.24. The van der Waals surface area contributed by atoms with Gasteiger partial charge in [-0.05, 0) is 51.4 Å². The molecule has 4 atom stereocenters. The molecule has 0 spiro atoms. The molecular formula is C20H32N4O. The van der Waals surface area contributed by atoms with E-state index in [1.165, 1.54) is 45.1 Å². The molecule has 1 N–H and O–H groups in total. The highest BCUT2D eigenvalue weighted by atomic mass is 16.2. The van der Waals surface area contributed by atoms with Crippen molar-refractivity contribution in [1.29, 1.82) is 0 Å². The predicted molar refractivity (Wildman–Crippen MR) is 98.6 cm³/mol. The van der Waals surface area contributed by atoms with Gasteiger partial charge in [0.15, 0.2) is 0 Å². The third kappa shape index (κ3) is 3.01. The van der Waals surface area contributed by atoms with E-state index in [2.05, 4.69) is 26.9 Å². The number of hydrogen-bond donors (Lipinski definition) is 1. The van der Waals surface area contributed by atoms with Crippen molar-refractivity contribution in [2.24, 2.45) is 11.8 Å². The molecule has 3 fully saturated rings. The molecule has 1 aromatic rings. The Balaban J connectivity index is 1.52. The molecule has 4 heterocycles. The monoisotopic (exact) mass is 344 g/mol. The number of carbonyl (C=O) groups excluding carboxylic acids is 1. The van der Waals surface area contributed by atoms with Gasteiger partial charge in [-0.15, -0.1) is 0 Å². The second kappa shape index (κ2) is 6.75. The minimum Gasteiger partial charge on any atom is -0.338 e. The summed E-state index contributed by atoms with van der Waals surface area (Å²) in [6, 6.07) is 1.48. The highest BCUT2D eigenvalue weighted by Crippen LogP contribution is 2.40. The Morgan fingerprint density at radius 3 is 2.80 bits per heavy atom. The molecule has 3 aliphatic rings. The number of carbonyl (C=O) groups is 1. The Hall–Kier alpha value is -1.36. The molecule has 5 heteroatoms. The fourth-order valence-electron chi connectivity index (χ4n) is 5.75. The second-order valence-corrected chi connectivity index (χ2v) is 8.52. The smallest absolute Gasteiger partial charge is 0.257 e.